The quantitative estimate of drug-likeness (QED) is 0.815. The van der Waals surface area contributed by atoms with Crippen LogP contribution in [0.4, 0.5) is 0 Å². The summed E-state index contributed by atoms with van der Waals surface area (Å²) < 4.78 is 1.89. The molecule has 1 heterocycles. The molecule has 2 N–H and O–H groups in total. The van der Waals surface area contributed by atoms with Gasteiger partial charge in [0.15, 0.2) is 0 Å². The van der Waals surface area contributed by atoms with Crippen LogP contribution in [0.3, 0.4) is 0 Å². The first-order valence-electron chi connectivity index (χ1n) is 7.21. The predicted octanol–water partition coefficient (Wildman–Crippen LogP) is 2.68. The molecule has 2 rings (SSSR count). The van der Waals surface area contributed by atoms with Crippen molar-refractivity contribution in [2.75, 3.05) is 6.61 Å². The van der Waals surface area contributed by atoms with Crippen LogP contribution in [-0.2, 0) is 0 Å². The van der Waals surface area contributed by atoms with Gasteiger partial charge in [-0.2, -0.15) is 5.10 Å². The SMILES string of the molecule is CCC(CCO)NC(C)c1cnn(-c2ccccc2)c1. The van der Waals surface area contributed by atoms with Crippen molar-refractivity contribution in [3.8, 4) is 5.69 Å². The van der Waals surface area contributed by atoms with Crippen LogP contribution < -0.4 is 5.32 Å². The molecule has 0 radical (unpaired) electrons. The predicted molar refractivity (Wildman–Crippen MR) is 80.9 cm³/mol. The molecule has 2 unspecified atom stereocenters. The summed E-state index contributed by atoms with van der Waals surface area (Å²) in [5.41, 5.74) is 2.22. The fraction of sp³-hybridized carbons (Fsp3) is 0.438. The lowest BCUT2D eigenvalue weighted by molar-refractivity contribution is 0.257. The molecular formula is C16H23N3O. The molecule has 0 bridgehead atoms. The van der Waals surface area contributed by atoms with Crippen LogP contribution in [-0.4, -0.2) is 27.5 Å². The first-order chi connectivity index (χ1) is 9.74. The highest BCUT2D eigenvalue weighted by Crippen LogP contribution is 2.16. The minimum absolute atomic E-state index is 0.224. The summed E-state index contributed by atoms with van der Waals surface area (Å²) in [6, 6.07) is 10.7. The number of nitrogens with one attached hydrogen (secondary N) is 1. The fourth-order valence-electron chi connectivity index (χ4n) is 2.29. The number of para-hydroxylation sites is 1. The molecule has 20 heavy (non-hydrogen) atoms. The van der Waals surface area contributed by atoms with Crippen molar-refractivity contribution in [1.82, 2.24) is 15.1 Å². The van der Waals surface area contributed by atoms with Crippen molar-refractivity contribution in [2.45, 2.75) is 38.8 Å². The van der Waals surface area contributed by atoms with E-state index in [0.717, 1.165) is 24.1 Å². The number of hydrogen-bond donors (Lipinski definition) is 2. The summed E-state index contributed by atoms with van der Waals surface area (Å²) >= 11 is 0. The van der Waals surface area contributed by atoms with Crippen molar-refractivity contribution in [2.24, 2.45) is 0 Å². The smallest absolute Gasteiger partial charge is 0.0645 e. The van der Waals surface area contributed by atoms with Gasteiger partial charge in [-0.3, -0.25) is 0 Å². The number of nitrogens with zero attached hydrogens (tertiary/aromatic N) is 2. The summed E-state index contributed by atoms with van der Waals surface area (Å²) in [4.78, 5) is 0. The number of aromatic nitrogens is 2. The molecule has 0 saturated heterocycles. The standard InChI is InChI=1S/C16H23N3O/c1-3-15(9-10-20)18-13(2)14-11-17-19(12-14)16-7-5-4-6-8-16/h4-8,11-13,15,18,20H,3,9-10H2,1-2H3. The summed E-state index contributed by atoms with van der Waals surface area (Å²) in [5, 5.41) is 17.0. The van der Waals surface area contributed by atoms with E-state index in [1.807, 2.05) is 41.2 Å². The number of benzene rings is 1. The average Bonchev–Trinajstić information content (AvgIpc) is 2.97. The monoisotopic (exact) mass is 273 g/mol. The molecule has 108 valence electrons. The summed E-state index contributed by atoms with van der Waals surface area (Å²) in [5.74, 6) is 0. The van der Waals surface area contributed by atoms with Crippen molar-refractivity contribution >= 4 is 0 Å². The third-order valence-electron chi connectivity index (χ3n) is 3.58. The van der Waals surface area contributed by atoms with E-state index in [9.17, 15) is 0 Å². The maximum absolute atomic E-state index is 9.05. The second-order valence-corrected chi connectivity index (χ2v) is 5.06. The minimum atomic E-state index is 0.224. The molecule has 0 saturated carbocycles. The molecule has 0 amide bonds. The number of aliphatic hydroxyl groups excluding tert-OH is 1. The first kappa shape index (κ1) is 14.8. The van der Waals surface area contributed by atoms with Gasteiger partial charge >= 0.3 is 0 Å². The van der Waals surface area contributed by atoms with E-state index in [0.29, 0.717) is 6.04 Å². The van der Waals surface area contributed by atoms with E-state index in [1.165, 1.54) is 0 Å². The first-order valence-corrected chi connectivity index (χ1v) is 7.21. The molecule has 2 aromatic rings. The van der Waals surface area contributed by atoms with Gasteiger partial charge in [0.25, 0.3) is 0 Å². The van der Waals surface area contributed by atoms with E-state index < -0.39 is 0 Å². The van der Waals surface area contributed by atoms with Crippen molar-refractivity contribution < 1.29 is 5.11 Å². The molecule has 0 aliphatic rings. The third kappa shape index (κ3) is 3.68. The van der Waals surface area contributed by atoms with Gasteiger partial charge in [-0.05, 0) is 31.9 Å². The van der Waals surface area contributed by atoms with Crippen LogP contribution in [0.1, 0.15) is 38.3 Å². The molecule has 1 aromatic heterocycles. The molecule has 4 nitrogen and oxygen atoms in total. The largest absolute Gasteiger partial charge is 0.396 e. The Kier molecular flexibility index (Phi) is 5.32. The Hall–Kier alpha value is -1.65. The van der Waals surface area contributed by atoms with Gasteiger partial charge in [-0.15, -0.1) is 0 Å². The fourth-order valence-corrected chi connectivity index (χ4v) is 2.29. The zero-order valence-corrected chi connectivity index (χ0v) is 12.2. The number of aliphatic hydroxyl groups is 1. The maximum atomic E-state index is 9.05. The van der Waals surface area contributed by atoms with E-state index in [4.69, 9.17) is 5.11 Å². The molecule has 1 aromatic carbocycles. The average molecular weight is 273 g/mol. The van der Waals surface area contributed by atoms with Gasteiger partial charge in [0.1, 0.15) is 0 Å². The number of rotatable bonds is 7. The van der Waals surface area contributed by atoms with E-state index in [-0.39, 0.29) is 12.6 Å². The van der Waals surface area contributed by atoms with E-state index in [2.05, 4.69) is 30.5 Å². The highest BCUT2D eigenvalue weighted by molar-refractivity contribution is 5.31. The highest BCUT2D eigenvalue weighted by atomic mass is 16.3. The maximum Gasteiger partial charge on any atom is 0.0645 e. The Balaban J connectivity index is 2.05. The summed E-state index contributed by atoms with van der Waals surface area (Å²) in [7, 11) is 0. The molecule has 4 heteroatoms. The van der Waals surface area contributed by atoms with Gasteiger partial charge in [0.05, 0.1) is 11.9 Å². The lowest BCUT2D eigenvalue weighted by atomic mass is 10.1. The Morgan fingerprint density at radius 1 is 1.30 bits per heavy atom. The van der Waals surface area contributed by atoms with Gasteiger partial charge in [0.2, 0.25) is 0 Å². The zero-order valence-electron chi connectivity index (χ0n) is 12.2. The molecule has 0 aliphatic carbocycles. The lowest BCUT2D eigenvalue weighted by Gasteiger charge is -2.20. The van der Waals surface area contributed by atoms with Crippen molar-refractivity contribution in [3.05, 3.63) is 48.3 Å². The Morgan fingerprint density at radius 3 is 2.70 bits per heavy atom. The zero-order chi connectivity index (χ0) is 14.4. The van der Waals surface area contributed by atoms with Gasteiger partial charge in [-0.1, -0.05) is 25.1 Å². The summed E-state index contributed by atoms with van der Waals surface area (Å²) in [6.45, 7) is 4.49. The van der Waals surface area contributed by atoms with Gasteiger partial charge in [0, 0.05) is 30.5 Å². The lowest BCUT2D eigenvalue weighted by Crippen LogP contribution is -2.31. The van der Waals surface area contributed by atoms with E-state index >= 15 is 0 Å². The molecule has 0 fully saturated rings. The number of hydrogen-bond acceptors (Lipinski definition) is 3. The molecule has 2 atom stereocenters. The Bertz CT molecular complexity index is 509. The van der Waals surface area contributed by atoms with Crippen LogP contribution in [0.5, 0.6) is 0 Å². The van der Waals surface area contributed by atoms with Crippen molar-refractivity contribution in [3.63, 3.8) is 0 Å². The molecule has 0 spiro atoms. The second kappa shape index (κ2) is 7.22. The third-order valence-corrected chi connectivity index (χ3v) is 3.58. The molecule has 0 aliphatic heterocycles. The van der Waals surface area contributed by atoms with Gasteiger partial charge in [-0.25, -0.2) is 4.68 Å². The van der Waals surface area contributed by atoms with Crippen LogP contribution in [0.25, 0.3) is 5.69 Å². The van der Waals surface area contributed by atoms with Crippen LogP contribution in [0, 0.1) is 0 Å². The van der Waals surface area contributed by atoms with Crippen LogP contribution in [0.2, 0.25) is 0 Å². The molecular weight excluding hydrogens is 250 g/mol. The van der Waals surface area contributed by atoms with E-state index in [1.54, 1.807) is 0 Å². The van der Waals surface area contributed by atoms with Crippen molar-refractivity contribution in [1.29, 1.82) is 0 Å². The normalized spacial score (nSPS) is 14.2. The summed E-state index contributed by atoms with van der Waals surface area (Å²) in [6.07, 6.45) is 5.75. The Morgan fingerprint density at radius 2 is 2.05 bits per heavy atom. The van der Waals surface area contributed by atoms with Crippen LogP contribution >= 0.6 is 0 Å². The minimum Gasteiger partial charge on any atom is -0.396 e. The van der Waals surface area contributed by atoms with Crippen LogP contribution in [0.15, 0.2) is 42.7 Å². The highest BCUT2D eigenvalue weighted by Gasteiger charge is 2.13. The topological polar surface area (TPSA) is 50.1 Å². The second-order valence-electron chi connectivity index (χ2n) is 5.06. The van der Waals surface area contributed by atoms with Gasteiger partial charge < -0.3 is 10.4 Å². The Labute approximate surface area is 120 Å².